The average Bonchev–Trinajstić information content (AvgIpc) is 2.63. The van der Waals surface area contributed by atoms with Crippen molar-refractivity contribution in [1.29, 1.82) is 0 Å². The van der Waals surface area contributed by atoms with Crippen LogP contribution in [0.4, 0.5) is 0 Å². The third kappa shape index (κ3) is 3.16. The van der Waals surface area contributed by atoms with E-state index in [1.54, 1.807) is 16.6 Å². The molecule has 19 heavy (non-hydrogen) atoms. The van der Waals surface area contributed by atoms with Crippen molar-refractivity contribution in [2.75, 3.05) is 24.6 Å². The Morgan fingerprint density at radius 1 is 1.37 bits per heavy atom. The fraction of sp³-hybridized carbons (Fsp3) is 0.667. The van der Waals surface area contributed by atoms with Gasteiger partial charge in [0.2, 0.25) is 10.0 Å². The average molecular weight is 303 g/mol. The number of rotatable bonds is 4. The van der Waals surface area contributed by atoms with Gasteiger partial charge in [-0.1, -0.05) is 0 Å². The van der Waals surface area contributed by atoms with Gasteiger partial charge in [-0.05, 0) is 25.2 Å². The highest BCUT2D eigenvalue weighted by atomic mass is 32.2. The number of nitrogens with zero attached hydrogens (tertiary/aromatic N) is 2. The lowest BCUT2D eigenvalue weighted by Crippen LogP contribution is -2.32. The third-order valence-electron chi connectivity index (χ3n) is 3.33. The molecule has 108 valence electrons. The van der Waals surface area contributed by atoms with Gasteiger partial charge in [0.05, 0.1) is 0 Å². The number of aryl methyl sites for hydroxylation is 1. The van der Waals surface area contributed by atoms with Crippen LogP contribution in [0.3, 0.4) is 0 Å². The first kappa shape index (κ1) is 14.9. The molecule has 1 fully saturated rings. The van der Waals surface area contributed by atoms with Crippen molar-refractivity contribution >= 4 is 21.8 Å². The van der Waals surface area contributed by atoms with Crippen molar-refractivity contribution in [2.24, 2.45) is 5.73 Å². The Labute approximate surface area is 119 Å². The van der Waals surface area contributed by atoms with Crippen LogP contribution in [-0.4, -0.2) is 41.9 Å². The quantitative estimate of drug-likeness (QED) is 0.904. The van der Waals surface area contributed by atoms with Gasteiger partial charge in [0.25, 0.3) is 0 Å². The summed E-state index contributed by atoms with van der Waals surface area (Å²) in [6.45, 7) is 4.29. The molecule has 0 bridgehead atoms. The summed E-state index contributed by atoms with van der Waals surface area (Å²) in [6, 6.07) is 1.71. The Bertz CT molecular complexity index is 496. The van der Waals surface area contributed by atoms with Crippen LogP contribution in [0.1, 0.15) is 19.0 Å². The van der Waals surface area contributed by atoms with E-state index in [9.17, 15) is 8.42 Å². The van der Waals surface area contributed by atoms with Crippen molar-refractivity contribution in [3.05, 3.63) is 18.0 Å². The first-order valence-electron chi connectivity index (χ1n) is 6.56. The van der Waals surface area contributed by atoms with Gasteiger partial charge in [0.15, 0.2) is 0 Å². The maximum absolute atomic E-state index is 12.6. The van der Waals surface area contributed by atoms with Crippen molar-refractivity contribution in [3.63, 3.8) is 0 Å². The van der Waals surface area contributed by atoms with Crippen LogP contribution in [0, 0.1) is 0 Å². The predicted molar refractivity (Wildman–Crippen MR) is 78.7 cm³/mol. The van der Waals surface area contributed by atoms with Crippen molar-refractivity contribution in [3.8, 4) is 0 Å². The maximum Gasteiger partial charge on any atom is 0.244 e. The van der Waals surface area contributed by atoms with Crippen molar-refractivity contribution in [1.82, 2.24) is 8.87 Å². The highest BCUT2D eigenvalue weighted by molar-refractivity contribution is 7.99. The van der Waals surface area contributed by atoms with Crippen LogP contribution in [0.25, 0.3) is 0 Å². The Hall–Kier alpha value is -0.500. The molecule has 1 aliphatic heterocycles. The van der Waals surface area contributed by atoms with E-state index in [1.807, 2.05) is 23.3 Å². The molecule has 7 heteroatoms. The van der Waals surface area contributed by atoms with E-state index in [0.717, 1.165) is 30.2 Å². The van der Waals surface area contributed by atoms with Gasteiger partial charge in [0, 0.05) is 43.8 Å². The fourth-order valence-electron chi connectivity index (χ4n) is 2.25. The molecule has 0 aromatic carbocycles. The zero-order valence-corrected chi connectivity index (χ0v) is 12.8. The summed E-state index contributed by atoms with van der Waals surface area (Å²) < 4.78 is 28.7. The van der Waals surface area contributed by atoms with Gasteiger partial charge < -0.3 is 10.3 Å². The van der Waals surface area contributed by atoms with Crippen LogP contribution in [0.5, 0.6) is 0 Å². The summed E-state index contributed by atoms with van der Waals surface area (Å²) in [5, 5.41) is 0. The molecule has 1 aliphatic rings. The van der Waals surface area contributed by atoms with Crippen LogP contribution in [-0.2, 0) is 23.1 Å². The highest BCUT2D eigenvalue weighted by Gasteiger charge is 2.26. The van der Waals surface area contributed by atoms with E-state index in [0.29, 0.717) is 24.5 Å². The van der Waals surface area contributed by atoms with E-state index in [2.05, 4.69) is 0 Å². The minimum absolute atomic E-state index is 0.360. The molecule has 2 N–H and O–H groups in total. The molecule has 1 aromatic heterocycles. The van der Waals surface area contributed by atoms with Gasteiger partial charge in [0.1, 0.15) is 4.90 Å². The second kappa shape index (κ2) is 6.30. The summed E-state index contributed by atoms with van der Waals surface area (Å²) in [5.41, 5.74) is 6.52. The first-order valence-corrected chi connectivity index (χ1v) is 9.16. The molecule has 0 radical (unpaired) electrons. The van der Waals surface area contributed by atoms with Crippen LogP contribution in [0.2, 0.25) is 0 Å². The van der Waals surface area contributed by atoms with E-state index in [1.165, 1.54) is 0 Å². The molecule has 0 aliphatic carbocycles. The van der Waals surface area contributed by atoms with Crippen LogP contribution < -0.4 is 5.73 Å². The number of hydrogen-bond acceptors (Lipinski definition) is 4. The minimum Gasteiger partial charge on any atom is -0.349 e. The maximum atomic E-state index is 12.6. The van der Waals surface area contributed by atoms with Crippen molar-refractivity contribution < 1.29 is 8.42 Å². The standard InChI is InChI=1S/C12H21N3O2S2/c1-2-14-10-12(8-11(14)9-13)19(16,17)15-4-3-6-18-7-5-15/h8,10H,2-7,9,13H2,1H3. The number of thioether (sulfide) groups is 1. The molecule has 0 spiro atoms. The number of aromatic nitrogens is 1. The van der Waals surface area contributed by atoms with Crippen molar-refractivity contribution in [2.45, 2.75) is 31.3 Å². The molecule has 5 nitrogen and oxygen atoms in total. The number of nitrogens with two attached hydrogens (primary N) is 1. The first-order chi connectivity index (χ1) is 9.09. The number of sulfonamides is 1. The molecule has 0 unspecified atom stereocenters. The predicted octanol–water partition coefficient (Wildman–Crippen LogP) is 1.09. The lowest BCUT2D eigenvalue weighted by molar-refractivity contribution is 0.435. The zero-order valence-electron chi connectivity index (χ0n) is 11.2. The Kier molecular flexibility index (Phi) is 4.94. The van der Waals surface area contributed by atoms with E-state index in [-0.39, 0.29) is 0 Å². The minimum atomic E-state index is -3.36. The Morgan fingerprint density at radius 3 is 2.79 bits per heavy atom. The Balaban J connectivity index is 2.30. The molecule has 0 atom stereocenters. The summed E-state index contributed by atoms with van der Waals surface area (Å²) in [7, 11) is -3.36. The topological polar surface area (TPSA) is 68.3 Å². The lowest BCUT2D eigenvalue weighted by Gasteiger charge is -2.18. The SMILES string of the molecule is CCn1cc(S(=O)(=O)N2CCCSCC2)cc1CN. The van der Waals surface area contributed by atoms with E-state index < -0.39 is 10.0 Å². The molecule has 2 heterocycles. The normalized spacial score (nSPS) is 18.4. The van der Waals surface area contributed by atoms with Gasteiger partial charge in [-0.25, -0.2) is 8.42 Å². The van der Waals surface area contributed by atoms with Gasteiger partial charge in [-0.3, -0.25) is 0 Å². The molecular formula is C12H21N3O2S2. The third-order valence-corrected chi connectivity index (χ3v) is 6.24. The molecule has 1 aromatic rings. The lowest BCUT2D eigenvalue weighted by atomic mass is 10.4. The van der Waals surface area contributed by atoms with E-state index >= 15 is 0 Å². The molecule has 1 saturated heterocycles. The summed E-state index contributed by atoms with van der Waals surface area (Å²) in [6.07, 6.45) is 2.62. The molecule has 0 amide bonds. The molecule has 2 rings (SSSR count). The fourth-order valence-corrected chi connectivity index (χ4v) is 4.79. The highest BCUT2D eigenvalue weighted by Crippen LogP contribution is 2.22. The summed E-state index contributed by atoms with van der Waals surface area (Å²) in [5.74, 6) is 1.91. The van der Waals surface area contributed by atoms with Gasteiger partial charge >= 0.3 is 0 Å². The zero-order chi connectivity index (χ0) is 13.9. The van der Waals surface area contributed by atoms with Gasteiger partial charge in [-0.15, -0.1) is 0 Å². The molecule has 0 saturated carbocycles. The van der Waals surface area contributed by atoms with Crippen LogP contribution >= 0.6 is 11.8 Å². The summed E-state index contributed by atoms with van der Waals surface area (Å²) >= 11 is 1.82. The second-order valence-corrected chi connectivity index (χ2v) is 7.69. The molecular weight excluding hydrogens is 282 g/mol. The summed E-state index contributed by atoms with van der Waals surface area (Å²) in [4.78, 5) is 0.377. The van der Waals surface area contributed by atoms with E-state index in [4.69, 9.17) is 5.73 Å². The Morgan fingerprint density at radius 2 is 2.16 bits per heavy atom. The largest absolute Gasteiger partial charge is 0.349 e. The monoisotopic (exact) mass is 303 g/mol. The van der Waals surface area contributed by atoms with Gasteiger partial charge in [-0.2, -0.15) is 16.1 Å². The number of hydrogen-bond donors (Lipinski definition) is 1. The second-order valence-electron chi connectivity index (χ2n) is 4.53. The smallest absolute Gasteiger partial charge is 0.244 e. The van der Waals surface area contributed by atoms with Crippen LogP contribution in [0.15, 0.2) is 17.2 Å².